The lowest BCUT2D eigenvalue weighted by molar-refractivity contribution is -0.125. The third-order valence-electron chi connectivity index (χ3n) is 3.53. The highest BCUT2D eigenvalue weighted by Crippen LogP contribution is 2.29. The van der Waals surface area contributed by atoms with Crippen molar-refractivity contribution in [1.29, 1.82) is 0 Å². The summed E-state index contributed by atoms with van der Waals surface area (Å²) in [6.07, 6.45) is 1.59. The summed E-state index contributed by atoms with van der Waals surface area (Å²) in [5.41, 5.74) is 0.858. The average molecular weight is 358 g/mol. The number of carbonyl (C=O) groups excluding carboxylic acids is 1. The zero-order chi connectivity index (χ0) is 17.8. The smallest absolute Gasteiger partial charge is 0.232 e. The van der Waals surface area contributed by atoms with Gasteiger partial charge in [-0.1, -0.05) is 11.8 Å². The second kappa shape index (κ2) is 7.43. The van der Waals surface area contributed by atoms with Crippen molar-refractivity contribution < 1.29 is 13.9 Å². The van der Waals surface area contributed by atoms with Crippen molar-refractivity contribution in [2.75, 3.05) is 27.0 Å². The molecule has 0 aliphatic rings. The minimum absolute atomic E-state index is 0.00818. The van der Waals surface area contributed by atoms with Crippen LogP contribution in [0.3, 0.4) is 0 Å². The highest BCUT2D eigenvalue weighted by Gasteiger charge is 2.19. The molecule has 3 aromatic rings. The Morgan fingerprint density at radius 1 is 1.24 bits per heavy atom. The van der Waals surface area contributed by atoms with Crippen LogP contribution in [0.15, 0.2) is 52.2 Å². The molecule has 25 heavy (non-hydrogen) atoms. The average Bonchev–Trinajstić information content (AvgIpc) is 3.28. The van der Waals surface area contributed by atoms with Crippen LogP contribution in [0.4, 0.5) is 0 Å². The van der Waals surface area contributed by atoms with E-state index in [4.69, 9.17) is 9.15 Å². The van der Waals surface area contributed by atoms with Crippen LogP contribution >= 0.6 is 11.8 Å². The molecule has 0 bridgehead atoms. The van der Waals surface area contributed by atoms with Gasteiger partial charge >= 0.3 is 0 Å². The number of hydrogen-bond donors (Lipinski definition) is 0. The van der Waals surface area contributed by atoms with Gasteiger partial charge in [-0.2, -0.15) is 0 Å². The van der Waals surface area contributed by atoms with E-state index in [0.29, 0.717) is 16.7 Å². The van der Waals surface area contributed by atoms with Crippen LogP contribution < -0.4 is 4.74 Å². The third kappa shape index (κ3) is 3.69. The molecule has 0 spiro atoms. The Bertz CT molecular complexity index is 841. The SMILES string of the molecule is COc1ccc(-n2c(SCC(=O)N(C)C)nnc2-c2ccco2)cc1. The van der Waals surface area contributed by atoms with Gasteiger partial charge in [0.1, 0.15) is 5.75 Å². The lowest BCUT2D eigenvalue weighted by Gasteiger charge is -2.11. The maximum atomic E-state index is 11.9. The summed E-state index contributed by atoms with van der Waals surface area (Å²) in [6.45, 7) is 0. The van der Waals surface area contributed by atoms with Gasteiger partial charge in [0.15, 0.2) is 10.9 Å². The van der Waals surface area contributed by atoms with Crippen molar-refractivity contribution in [2.45, 2.75) is 5.16 Å². The minimum Gasteiger partial charge on any atom is -0.497 e. The monoisotopic (exact) mass is 358 g/mol. The van der Waals surface area contributed by atoms with Crippen molar-refractivity contribution in [1.82, 2.24) is 19.7 Å². The number of carbonyl (C=O) groups is 1. The minimum atomic E-state index is 0.00818. The number of aromatic nitrogens is 3. The quantitative estimate of drug-likeness (QED) is 0.631. The number of methoxy groups -OCH3 is 1. The number of benzene rings is 1. The van der Waals surface area contributed by atoms with Crippen molar-refractivity contribution in [3.8, 4) is 23.0 Å². The largest absolute Gasteiger partial charge is 0.497 e. The number of thioether (sulfide) groups is 1. The zero-order valence-electron chi connectivity index (χ0n) is 14.2. The summed E-state index contributed by atoms with van der Waals surface area (Å²) in [4.78, 5) is 13.4. The second-order valence-electron chi connectivity index (χ2n) is 5.39. The van der Waals surface area contributed by atoms with Gasteiger partial charge in [-0.25, -0.2) is 0 Å². The molecule has 0 aliphatic carbocycles. The van der Waals surface area contributed by atoms with E-state index in [1.807, 2.05) is 34.9 Å². The van der Waals surface area contributed by atoms with Gasteiger partial charge < -0.3 is 14.1 Å². The molecule has 0 fully saturated rings. The normalized spacial score (nSPS) is 10.7. The Morgan fingerprint density at radius 3 is 2.60 bits per heavy atom. The molecule has 0 radical (unpaired) electrons. The molecule has 0 unspecified atom stereocenters. The molecular weight excluding hydrogens is 340 g/mol. The molecule has 7 nitrogen and oxygen atoms in total. The molecule has 1 aromatic carbocycles. The summed E-state index contributed by atoms with van der Waals surface area (Å²) >= 11 is 1.33. The van der Waals surface area contributed by atoms with E-state index in [-0.39, 0.29) is 11.7 Å². The fourth-order valence-electron chi connectivity index (χ4n) is 2.15. The van der Waals surface area contributed by atoms with Crippen molar-refractivity contribution in [3.63, 3.8) is 0 Å². The van der Waals surface area contributed by atoms with Gasteiger partial charge in [-0.15, -0.1) is 10.2 Å². The topological polar surface area (TPSA) is 73.4 Å². The number of amides is 1. The molecule has 130 valence electrons. The molecule has 0 aliphatic heterocycles. The molecule has 0 N–H and O–H groups in total. The van der Waals surface area contributed by atoms with Crippen molar-refractivity contribution >= 4 is 17.7 Å². The fourth-order valence-corrected chi connectivity index (χ4v) is 3.08. The summed E-state index contributed by atoms with van der Waals surface area (Å²) in [5.74, 6) is 2.23. The lowest BCUT2D eigenvalue weighted by Crippen LogP contribution is -2.23. The Morgan fingerprint density at radius 2 is 2.00 bits per heavy atom. The van der Waals surface area contributed by atoms with Crippen molar-refractivity contribution in [3.05, 3.63) is 42.7 Å². The number of furan rings is 1. The van der Waals surface area contributed by atoms with E-state index in [0.717, 1.165) is 11.4 Å². The summed E-state index contributed by atoms with van der Waals surface area (Å²) in [7, 11) is 5.08. The molecule has 8 heteroatoms. The van der Waals surface area contributed by atoms with Gasteiger partial charge in [0.25, 0.3) is 0 Å². The van der Waals surface area contributed by atoms with E-state index >= 15 is 0 Å². The highest BCUT2D eigenvalue weighted by molar-refractivity contribution is 7.99. The Labute approximate surface area is 149 Å². The maximum Gasteiger partial charge on any atom is 0.232 e. The van der Waals surface area contributed by atoms with Gasteiger partial charge in [-0.3, -0.25) is 9.36 Å². The second-order valence-corrected chi connectivity index (χ2v) is 6.34. The van der Waals surface area contributed by atoms with Crippen LogP contribution in [0.1, 0.15) is 0 Å². The first kappa shape index (κ1) is 17.1. The van der Waals surface area contributed by atoms with Gasteiger partial charge in [0.2, 0.25) is 11.7 Å². The molecule has 2 aromatic heterocycles. The number of nitrogens with zero attached hydrogens (tertiary/aromatic N) is 4. The summed E-state index contributed by atoms with van der Waals surface area (Å²) < 4.78 is 12.5. The summed E-state index contributed by atoms with van der Waals surface area (Å²) in [6, 6.07) is 11.2. The zero-order valence-corrected chi connectivity index (χ0v) is 15.0. The third-order valence-corrected chi connectivity index (χ3v) is 4.44. The predicted molar refractivity (Wildman–Crippen MR) is 95.0 cm³/mol. The van der Waals surface area contributed by atoms with Gasteiger partial charge in [-0.05, 0) is 36.4 Å². The fraction of sp³-hybridized carbons (Fsp3) is 0.235. The first-order valence-electron chi connectivity index (χ1n) is 7.57. The first-order chi connectivity index (χ1) is 12.1. The molecule has 0 saturated heterocycles. The molecule has 0 atom stereocenters. The number of hydrogen-bond acceptors (Lipinski definition) is 6. The van der Waals surface area contributed by atoms with Crippen LogP contribution in [0.2, 0.25) is 0 Å². The van der Waals surface area contributed by atoms with Crippen molar-refractivity contribution in [2.24, 2.45) is 0 Å². The standard InChI is InChI=1S/C17H18N4O3S/c1-20(2)15(22)11-25-17-19-18-16(14-5-4-10-24-14)21(17)12-6-8-13(23-3)9-7-12/h4-10H,11H2,1-3H3. The van der Waals surface area contributed by atoms with Crippen LogP contribution in [0.5, 0.6) is 5.75 Å². The molecule has 2 heterocycles. The Kier molecular flexibility index (Phi) is 5.08. The molecule has 3 rings (SSSR count). The van der Waals surface area contributed by atoms with Crippen LogP contribution in [-0.2, 0) is 4.79 Å². The maximum absolute atomic E-state index is 11.9. The summed E-state index contributed by atoms with van der Waals surface area (Å²) in [5, 5.41) is 9.10. The first-order valence-corrected chi connectivity index (χ1v) is 8.55. The lowest BCUT2D eigenvalue weighted by atomic mass is 10.3. The highest BCUT2D eigenvalue weighted by atomic mass is 32.2. The van der Waals surface area contributed by atoms with Crippen LogP contribution in [0.25, 0.3) is 17.3 Å². The van der Waals surface area contributed by atoms with E-state index in [1.165, 1.54) is 11.8 Å². The Balaban J connectivity index is 1.99. The predicted octanol–water partition coefficient (Wildman–Crippen LogP) is 2.72. The van der Waals surface area contributed by atoms with E-state index in [2.05, 4.69) is 10.2 Å². The molecule has 0 saturated carbocycles. The van der Waals surface area contributed by atoms with Crippen LogP contribution in [0, 0.1) is 0 Å². The van der Waals surface area contributed by atoms with E-state index in [9.17, 15) is 4.79 Å². The van der Waals surface area contributed by atoms with Gasteiger partial charge in [0.05, 0.1) is 24.8 Å². The van der Waals surface area contributed by atoms with E-state index < -0.39 is 0 Å². The Hall–Kier alpha value is -2.74. The molecule has 1 amide bonds. The number of ether oxygens (including phenoxy) is 1. The van der Waals surface area contributed by atoms with Gasteiger partial charge in [0, 0.05) is 14.1 Å². The van der Waals surface area contributed by atoms with E-state index in [1.54, 1.807) is 38.4 Å². The molecular formula is C17H18N4O3S. The number of rotatable bonds is 6. The van der Waals surface area contributed by atoms with Crippen LogP contribution in [-0.4, -0.2) is 52.5 Å².